The van der Waals surface area contributed by atoms with E-state index in [2.05, 4.69) is 24.3 Å². The van der Waals surface area contributed by atoms with Crippen molar-refractivity contribution in [3.63, 3.8) is 0 Å². The number of rotatable bonds is 5. The molecule has 0 amide bonds. The zero-order valence-corrected chi connectivity index (χ0v) is 9.45. The Hall–Kier alpha value is -0.160. The van der Waals surface area contributed by atoms with E-state index in [1.165, 1.54) is 0 Å². The van der Waals surface area contributed by atoms with Gasteiger partial charge in [0.1, 0.15) is 0 Å². The number of ether oxygens (including phenoxy) is 2. The summed E-state index contributed by atoms with van der Waals surface area (Å²) >= 11 is 0. The molecule has 0 bridgehead atoms. The Bertz CT molecular complexity index is 147. The molecular formula is C10H22N2O2. The van der Waals surface area contributed by atoms with Gasteiger partial charge in [0.25, 0.3) is 0 Å². The second kappa shape index (κ2) is 6.35. The van der Waals surface area contributed by atoms with Crippen molar-refractivity contribution in [3.05, 3.63) is 0 Å². The van der Waals surface area contributed by atoms with Crippen molar-refractivity contribution in [1.29, 1.82) is 0 Å². The highest BCUT2D eigenvalue weighted by Gasteiger charge is 2.18. The summed E-state index contributed by atoms with van der Waals surface area (Å²) in [6.07, 6.45) is 0. The van der Waals surface area contributed by atoms with Crippen LogP contribution in [0.3, 0.4) is 0 Å². The summed E-state index contributed by atoms with van der Waals surface area (Å²) in [4.78, 5) is 0. The zero-order chi connectivity index (χ0) is 10.4. The maximum Gasteiger partial charge on any atom is 0.0632 e. The summed E-state index contributed by atoms with van der Waals surface area (Å²) in [5, 5.41) is 2.23. The SMILES string of the molecule is COCC(NN1CCOCC1)C(C)C. The predicted octanol–water partition coefficient (Wildman–Crippen LogP) is 0.494. The molecule has 1 unspecified atom stereocenters. The quantitative estimate of drug-likeness (QED) is 0.703. The van der Waals surface area contributed by atoms with Crippen LogP contribution in [-0.4, -0.2) is 51.1 Å². The Kier molecular flexibility index (Phi) is 5.40. The molecule has 1 N–H and O–H groups in total. The maximum atomic E-state index is 5.29. The average molecular weight is 202 g/mol. The number of methoxy groups -OCH3 is 1. The highest BCUT2D eigenvalue weighted by molar-refractivity contribution is 4.70. The average Bonchev–Trinajstić information content (AvgIpc) is 2.18. The summed E-state index contributed by atoms with van der Waals surface area (Å²) < 4.78 is 10.5. The Labute approximate surface area is 86.5 Å². The lowest BCUT2D eigenvalue weighted by Gasteiger charge is -2.33. The second-order valence-electron chi connectivity index (χ2n) is 4.03. The van der Waals surface area contributed by atoms with Crippen LogP contribution in [0, 0.1) is 5.92 Å². The van der Waals surface area contributed by atoms with E-state index in [0.717, 1.165) is 32.9 Å². The maximum absolute atomic E-state index is 5.29. The Morgan fingerprint density at radius 1 is 1.36 bits per heavy atom. The molecule has 0 spiro atoms. The van der Waals surface area contributed by atoms with E-state index in [9.17, 15) is 0 Å². The van der Waals surface area contributed by atoms with Gasteiger partial charge in [-0.2, -0.15) is 0 Å². The van der Waals surface area contributed by atoms with Gasteiger partial charge in [0.15, 0.2) is 0 Å². The van der Waals surface area contributed by atoms with Crippen LogP contribution in [0.2, 0.25) is 0 Å². The first-order valence-electron chi connectivity index (χ1n) is 5.32. The molecule has 1 aliphatic heterocycles. The van der Waals surface area contributed by atoms with E-state index >= 15 is 0 Å². The van der Waals surface area contributed by atoms with E-state index in [1.54, 1.807) is 7.11 Å². The highest BCUT2D eigenvalue weighted by atomic mass is 16.5. The predicted molar refractivity (Wildman–Crippen MR) is 56.0 cm³/mol. The van der Waals surface area contributed by atoms with Crippen LogP contribution in [0.15, 0.2) is 0 Å². The van der Waals surface area contributed by atoms with Crippen LogP contribution in [0.5, 0.6) is 0 Å². The lowest BCUT2D eigenvalue weighted by molar-refractivity contribution is -0.0104. The van der Waals surface area contributed by atoms with E-state index in [4.69, 9.17) is 9.47 Å². The van der Waals surface area contributed by atoms with Gasteiger partial charge in [-0.25, -0.2) is 10.4 Å². The molecule has 1 rings (SSSR count). The minimum Gasteiger partial charge on any atom is -0.383 e. The van der Waals surface area contributed by atoms with E-state index in [-0.39, 0.29) is 0 Å². The first-order valence-corrected chi connectivity index (χ1v) is 5.32. The number of nitrogens with one attached hydrogen (secondary N) is 1. The Morgan fingerprint density at radius 3 is 2.50 bits per heavy atom. The van der Waals surface area contributed by atoms with Gasteiger partial charge in [0, 0.05) is 26.2 Å². The van der Waals surface area contributed by atoms with Gasteiger partial charge < -0.3 is 9.47 Å². The summed E-state index contributed by atoms with van der Waals surface area (Å²) in [6, 6.07) is 0.401. The van der Waals surface area contributed by atoms with Gasteiger partial charge in [-0.15, -0.1) is 0 Å². The summed E-state index contributed by atoms with van der Waals surface area (Å²) in [6.45, 7) is 8.75. The molecule has 14 heavy (non-hydrogen) atoms. The van der Waals surface area contributed by atoms with Crippen molar-refractivity contribution >= 4 is 0 Å². The molecule has 84 valence electrons. The topological polar surface area (TPSA) is 33.7 Å². The zero-order valence-electron chi connectivity index (χ0n) is 9.45. The lowest BCUT2D eigenvalue weighted by atomic mass is 10.1. The number of hydrazine groups is 1. The van der Waals surface area contributed by atoms with Gasteiger partial charge in [-0.3, -0.25) is 0 Å². The van der Waals surface area contributed by atoms with Gasteiger partial charge in [-0.1, -0.05) is 13.8 Å². The third-order valence-corrected chi connectivity index (χ3v) is 2.51. The van der Waals surface area contributed by atoms with Crippen molar-refractivity contribution in [2.24, 2.45) is 5.92 Å². The Balaban J connectivity index is 2.29. The van der Waals surface area contributed by atoms with E-state index in [1.807, 2.05) is 0 Å². The monoisotopic (exact) mass is 202 g/mol. The van der Waals surface area contributed by atoms with Crippen LogP contribution in [0.1, 0.15) is 13.8 Å². The molecule has 1 saturated heterocycles. The molecule has 4 heteroatoms. The van der Waals surface area contributed by atoms with E-state index in [0.29, 0.717) is 12.0 Å². The summed E-state index contributed by atoms with van der Waals surface area (Å²) in [7, 11) is 1.75. The van der Waals surface area contributed by atoms with Crippen molar-refractivity contribution in [1.82, 2.24) is 10.4 Å². The second-order valence-corrected chi connectivity index (χ2v) is 4.03. The van der Waals surface area contributed by atoms with Gasteiger partial charge in [0.05, 0.1) is 19.8 Å². The molecule has 0 aromatic carbocycles. The van der Waals surface area contributed by atoms with Crippen molar-refractivity contribution in [2.45, 2.75) is 19.9 Å². The number of morpholine rings is 1. The van der Waals surface area contributed by atoms with Crippen LogP contribution < -0.4 is 5.43 Å². The minimum absolute atomic E-state index is 0.401. The molecule has 0 aromatic rings. The van der Waals surface area contributed by atoms with Crippen LogP contribution in [0.25, 0.3) is 0 Å². The van der Waals surface area contributed by atoms with E-state index < -0.39 is 0 Å². The molecule has 1 atom stereocenters. The summed E-state index contributed by atoms with van der Waals surface area (Å²) in [5.41, 5.74) is 3.48. The lowest BCUT2D eigenvalue weighted by Crippen LogP contribution is -2.53. The largest absolute Gasteiger partial charge is 0.383 e. The fourth-order valence-corrected chi connectivity index (χ4v) is 1.49. The molecule has 0 saturated carbocycles. The van der Waals surface area contributed by atoms with Gasteiger partial charge >= 0.3 is 0 Å². The molecule has 0 aromatic heterocycles. The highest BCUT2D eigenvalue weighted by Crippen LogP contribution is 2.04. The van der Waals surface area contributed by atoms with Gasteiger partial charge in [-0.05, 0) is 5.92 Å². The number of hydrogen-bond donors (Lipinski definition) is 1. The fraction of sp³-hybridized carbons (Fsp3) is 1.00. The van der Waals surface area contributed by atoms with Crippen LogP contribution in [0.4, 0.5) is 0 Å². The smallest absolute Gasteiger partial charge is 0.0632 e. The molecule has 1 fully saturated rings. The first kappa shape index (κ1) is 11.9. The molecule has 1 heterocycles. The minimum atomic E-state index is 0.401. The summed E-state index contributed by atoms with van der Waals surface area (Å²) in [5.74, 6) is 0.581. The van der Waals surface area contributed by atoms with Gasteiger partial charge in [0.2, 0.25) is 0 Å². The normalized spacial score (nSPS) is 21.4. The third kappa shape index (κ3) is 3.92. The molecule has 4 nitrogen and oxygen atoms in total. The molecule has 1 aliphatic rings. The third-order valence-electron chi connectivity index (χ3n) is 2.51. The number of nitrogens with zero attached hydrogens (tertiary/aromatic N) is 1. The van der Waals surface area contributed by atoms with Crippen molar-refractivity contribution in [2.75, 3.05) is 40.0 Å². The van der Waals surface area contributed by atoms with Crippen LogP contribution in [-0.2, 0) is 9.47 Å². The van der Waals surface area contributed by atoms with Crippen molar-refractivity contribution in [3.8, 4) is 0 Å². The number of hydrogen-bond acceptors (Lipinski definition) is 4. The standard InChI is InChI=1S/C10H22N2O2/c1-9(2)10(8-13-3)11-12-4-6-14-7-5-12/h9-11H,4-8H2,1-3H3. The van der Waals surface area contributed by atoms with Crippen molar-refractivity contribution < 1.29 is 9.47 Å². The fourth-order valence-electron chi connectivity index (χ4n) is 1.49. The van der Waals surface area contributed by atoms with Crippen LogP contribution >= 0.6 is 0 Å². The molecular weight excluding hydrogens is 180 g/mol. The Morgan fingerprint density at radius 2 is 2.00 bits per heavy atom. The first-order chi connectivity index (χ1) is 6.74. The molecule has 0 aliphatic carbocycles. The molecule has 0 radical (unpaired) electrons.